The molecule has 9 heteroatoms. The van der Waals surface area contributed by atoms with Crippen LogP contribution in [0, 0.1) is 17.8 Å². The number of nitrogens with zero attached hydrogens (tertiary/aromatic N) is 2. The van der Waals surface area contributed by atoms with E-state index in [-0.39, 0.29) is 22.6 Å². The maximum atomic E-state index is 13.9. The van der Waals surface area contributed by atoms with E-state index >= 15 is 0 Å². The molecule has 3 aliphatic rings. The van der Waals surface area contributed by atoms with Crippen LogP contribution in [0.15, 0.2) is 53.3 Å². The van der Waals surface area contributed by atoms with Crippen molar-refractivity contribution in [2.24, 2.45) is 23.5 Å². The second kappa shape index (κ2) is 9.66. The topological polar surface area (TPSA) is 144 Å². The quantitative estimate of drug-likeness (QED) is 0.340. The van der Waals surface area contributed by atoms with E-state index < -0.39 is 52.6 Å². The number of benzene rings is 2. The number of likely N-dealkylation sites (N-methyl/N-ethyl adjacent to an activating group) is 1. The van der Waals surface area contributed by atoms with E-state index in [0.29, 0.717) is 19.4 Å². The molecule has 0 radical (unpaired) electrons. The molecule has 204 valence electrons. The first-order valence-electron chi connectivity index (χ1n) is 12.9. The van der Waals surface area contributed by atoms with Crippen LogP contribution in [0.3, 0.4) is 0 Å². The second-order valence-corrected chi connectivity index (χ2v) is 11.2. The molecule has 0 heterocycles. The van der Waals surface area contributed by atoms with Gasteiger partial charge in [0.25, 0.3) is 5.91 Å². The number of hydrogen-bond acceptors (Lipinski definition) is 8. The van der Waals surface area contributed by atoms with E-state index in [2.05, 4.69) is 4.90 Å². The number of phenolic OH excluding ortho intramolecular Hbond substituents is 1. The third-order valence-corrected chi connectivity index (χ3v) is 8.24. The summed E-state index contributed by atoms with van der Waals surface area (Å²) in [4.78, 5) is 43.1. The highest BCUT2D eigenvalue weighted by molar-refractivity contribution is 6.28. The molecule has 1 fully saturated rings. The number of carbonyl (C=O) groups is 3. The molecule has 1 amide bonds. The molecule has 1 saturated carbocycles. The Bertz CT molecular complexity index is 1470. The van der Waals surface area contributed by atoms with E-state index in [9.17, 15) is 29.7 Å². The van der Waals surface area contributed by atoms with Crippen molar-refractivity contribution in [2.75, 3.05) is 28.2 Å². The van der Waals surface area contributed by atoms with Crippen molar-refractivity contribution in [3.8, 4) is 16.9 Å². The Morgan fingerprint density at radius 3 is 2.31 bits per heavy atom. The maximum absolute atomic E-state index is 13.9. The molecular weight excluding hydrogens is 498 g/mol. The first-order chi connectivity index (χ1) is 18.4. The normalized spacial score (nSPS) is 24.7. The number of ketones is 2. The number of hydrogen-bond donors (Lipinski definition) is 4. The van der Waals surface area contributed by atoms with E-state index in [1.165, 1.54) is 6.07 Å². The minimum absolute atomic E-state index is 0.0776. The van der Waals surface area contributed by atoms with Gasteiger partial charge in [-0.05, 0) is 81.2 Å². The molecule has 0 spiro atoms. The summed E-state index contributed by atoms with van der Waals surface area (Å²) in [5.74, 6) is -5.78. The number of primary amides is 1. The Morgan fingerprint density at radius 1 is 0.974 bits per heavy atom. The number of aromatic hydroxyl groups is 1. The van der Waals surface area contributed by atoms with Gasteiger partial charge in [0.05, 0.1) is 17.5 Å². The number of aliphatic hydroxyl groups excluding tert-OH is 2. The average molecular weight is 532 g/mol. The van der Waals surface area contributed by atoms with Crippen molar-refractivity contribution >= 4 is 23.2 Å². The SMILES string of the molecule is CN(C)Cc1ccccc1-c1ccc(O)c2c1CC1CC3C(C(=O)C(C(N)=O)=C(O)C3N(C)C)C(=O)C1=C2O. The van der Waals surface area contributed by atoms with E-state index in [1.54, 1.807) is 19.0 Å². The number of Topliss-reactive ketones (excluding diaryl/α,β-unsaturated/α-hetero) is 2. The number of carbonyl (C=O) groups excluding carboxylic acids is 3. The Labute approximate surface area is 226 Å². The molecule has 3 aliphatic carbocycles. The van der Waals surface area contributed by atoms with Crippen LogP contribution in [0.4, 0.5) is 0 Å². The van der Waals surface area contributed by atoms with Crippen molar-refractivity contribution in [1.29, 1.82) is 0 Å². The van der Waals surface area contributed by atoms with Gasteiger partial charge in [0.2, 0.25) is 0 Å². The van der Waals surface area contributed by atoms with E-state index in [4.69, 9.17) is 5.73 Å². The molecule has 5 rings (SSSR count). The number of allylic oxidation sites excluding steroid dienone is 1. The van der Waals surface area contributed by atoms with Crippen LogP contribution in [-0.4, -0.2) is 76.8 Å². The fraction of sp³-hybridized carbons (Fsp3) is 0.367. The summed E-state index contributed by atoms with van der Waals surface area (Å²) < 4.78 is 0. The summed E-state index contributed by atoms with van der Waals surface area (Å²) in [5.41, 5.74) is 8.73. The van der Waals surface area contributed by atoms with Gasteiger partial charge in [-0.25, -0.2) is 0 Å². The van der Waals surface area contributed by atoms with Crippen LogP contribution in [-0.2, 0) is 27.3 Å². The lowest BCUT2D eigenvalue weighted by molar-refractivity contribution is -0.136. The minimum atomic E-state index is -1.27. The summed E-state index contributed by atoms with van der Waals surface area (Å²) in [6.07, 6.45) is 0.666. The molecule has 0 aliphatic heterocycles. The van der Waals surface area contributed by atoms with Gasteiger partial charge < -0.3 is 26.0 Å². The Hall–Kier alpha value is -3.95. The lowest BCUT2D eigenvalue weighted by Crippen LogP contribution is -2.55. The smallest absolute Gasteiger partial charge is 0.255 e. The van der Waals surface area contributed by atoms with Crippen LogP contribution < -0.4 is 5.73 Å². The highest BCUT2D eigenvalue weighted by atomic mass is 16.3. The molecule has 0 saturated heterocycles. The van der Waals surface area contributed by atoms with Gasteiger partial charge in [-0.15, -0.1) is 0 Å². The van der Waals surface area contributed by atoms with Gasteiger partial charge in [0, 0.05) is 12.1 Å². The lowest BCUT2D eigenvalue weighted by Gasteiger charge is -2.46. The van der Waals surface area contributed by atoms with Crippen molar-refractivity contribution < 1.29 is 29.7 Å². The minimum Gasteiger partial charge on any atom is -0.510 e. The van der Waals surface area contributed by atoms with Gasteiger partial charge >= 0.3 is 0 Å². The van der Waals surface area contributed by atoms with Crippen LogP contribution in [0.25, 0.3) is 16.9 Å². The largest absolute Gasteiger partial charge is 0.510 e. The van der Waals surface area contributed by atoms with E-state index in [1.807, 2.05) is 44.4 Å². The Kier molecular flexibility index (Phi) is 6.60. The van der Waals surface area contributed by atoms with Gasteiger partial charge in [-0.2, -0.15) is 0 Å². The molecule has 4 unspecified atom stereocenters. The fourth-order valence-corrected chi connectivity index (χ4v) is 6.78. The molecule has 2 aromatic rings. The lowest BCUT2D eigenvalue weighted by atomic mass is 9.59. The molecule has 5 N–H and O–H groups in total. The number of aliphatic hydroxyl groups is 2. The molecule has 2 aromatic carbocycles. The number of nitrogens with two attached hydrogens (primary N) is 1. The third kappa shape index (κ3) is 4.13. The van der Waals surface area contributed by atoms with Crippen molar-refractivity contribution in [3.05, 3.63) is 70.0 Å². The van der Waals surface area contributed by atoms with Crippen LogP contribution in [0.5, 0.6) is 5.75 Å². The zero-order chi connectivity index (χ0) is 28.3. The van der Waals surface area contributed by atoms with Crippen LogP contribution in [0.2, 0.25) is 0 Å². The highest BCUT2D eigenvalue weighted by Crippen LogP contribution is 2.51. The molecule has 4 atom stereocenters. The molecule has 39 heavy (non-hydrogen) atoms. The Morgan fingerprint density at radius 2 is 1.67 bits per heavy atom. The summed E-state index contributed by atoms with van der Waals surface area (Å²) >= 11 is 0. The summed E-state index contributed by atoms with van der Waals surface area (Å²) in [6.45, 7) is 0.686. The van der Waals surface area contributed by atoms with Crippen LogP contribution >= 0.6 is 0 Å². The molecular formula is C30H33N3O6. The monoisotopic (exact) mass is 531 g/mol. The van der Waals surface area contributed by atoms with Crippen LogP contribution in [0.1, 0.15) is 23.1 Å². The van der Waals surface area contributed by atoms with E-state index in [0.717, 1.165) is 22.3 Å². The number of rotatable bonds is 5. The number of fused-ring (bicyclic) bond motifs is 3. The number of amides is 1. The summed E-state index contributed by atoms with van der Waals surface area (Å²) in [6, 6.07) is 10.5. The zero-order valence-electron chi connectivity index (χ0n) is 22.4. The first-order valence-corrected chi connectivity index (χ1v) is 12.9. The first kappa shape index (κ1) is 26.6. The molecule has 9 nitrogen and oxygen atoms in total. The Balaban J connectivity index is 1.68. The van der Waals surface area contributed by atoms with Crippen molar-refractivity contribution in [2.45, 2.75) is 25.4 Å². The van der Waals surface area contributed by atoms with Gasteiger partial charge in [-0.3, -0.25) is 19.3 Å². The average Bonchev–Trinajstić information content (AvgIpc) is 2.83. The highest BCUT2D eigenvalue weighted by Gasteiger charge is 2.55. The van der Waals surface area contributed by atoms with Gasteiger partial charge in [0.1, 0.15) is 22.8 Å². The fourth-order valence-electron chi connectivity index (χ4n) is 6.78. The van der Waals surface area contributed by atoms with Gasteiger partial charge in [-0.1, -0.05) is 30.3 Å². The third-order valence-electron chi connectivity index (χ3n) is 8.24. The standard InChI is InChI=1S/C30H33N3O6/c1-32(2)13-14-7-5-6-8-16(14)17-9-10-20(34)22-18(17)11-15-12-19-23(27(36)21(15)26(22)35)28(37)24(30(31)39)29(38)25(19)33(3)4/h5-10,15,19,23,25,34-35,38H,11-13H2,1-4H3,(H2,31,39). The summed E-state index contributed by atoms with van der Waals surface area (Å²) in [5, 5.41) is 33.2. The number of phenols is 1. The van der Waals surface area contributed by atoms with Crippen molar-refractivity contribution in [3.63, 3.8) is 0 Å². The van der Waals surface area contributed by atoms with Gasteiger partial charge in [0.15, 0.2) is 11.6 Å². The molecule has 0 aromatic heterocycles. The maximum Gasteiger partial charge on any atom is 0.255 e. The van der Waals surface area contributed by atoms with Crippen molar-refractivity contribution in [1.82, 2.24) is 9.80 Å². The zero-order valence-corrected chi connectivity index (χ0v) is 22.4. The predicted molar refractivity (Wildman–Crippen MR) is 146 cm³/mol. The molecule has 0 bridgehead atoms. The second-order valence-electron chi connectivity index (χ2n) is 11.2. The summed E-state index contributed by atoms with van der Waals surface area (Å²) in [7, 11) is 7.36. The predicted octanol–water partition coefficient (Wildman–Crippen LogP) is 2.58.